The first kappa shape index (κ1) is 16.3. The third-order valence-corrected chi connectivity index (χ3v) is 4.28. The molecule has 3 heteroatoms. The van der Waals surface area contributed by atoms with E-state index < -0.39 is 0 Å². The average molecular weight is 247 g/mol. The molecule has 0 aromatic carbocycles. The van der Waals surface area contributed by atoms with E-state index in [2.05, 4.69) is 46.9 Å². The number of thioether (sulfide) groups is 1. The Bertz CT molecular complexity index is 179. The standard InChI is InChI=1S/C13H29NOS/c1-7-10(2)12(15)8-14-11(3)9-16-13(4,5)6/h10-12,14-15H,7-9H2,1-6H3. The van der Waals surface area contributed by atoms with Crippen LogP contribution in [0.2, 0.25) is 0 Å². The van der Waals surface area contributed by atoms with Crippen molar-refractivity contribution in [3.8, 4) is 0 Å². The fraction of sp³-hybridized carbons (Fsp3) is 1.00. The summed E-state index contributed by atoms with van der Waals surface area (Å²) in [6, 6.07) is 0.461. The van der Waals surface area contributed by atoms with Gasteiger partial charge in [0.2, 0.25) is 0 Å². The highest BCUT2D eigenvalue weighted by molar-refractivity contribution is 8.00. The second-order valence-electron chi connectivity index (χ2n) is 5.69. The first-order chi connectivity index (χ1) is 7.26. The predicted molar refractivity (Wildman–Crippen MR) is 75.1 cm³/mol. The Morgan fingerprint density at radius 2 is 1.81 bits per heavy atom. The number of rotatable bonds is 7. The van der Waals surface area contributed by atoms with E-state index in [4.69, 9.17) is 0 Å². The Balaban J connectivity index is 3.69. The molecule has 0 aromatic heterocycles. The monoisotopic (exact) mass is 247 g/mol. The maximum Gasteiger partial charge on any atom is 0.0690 e. The first-order valence-corrected chi connectivity index (χ1v) is 7.30. The van der Waals surface area contributed by atoms with Crippen LogP contribution in [0, 0.1) is 5.92 Å². The zero-order valence-electron chi connectivity index (χ0n) is 11.7. The molecular weight excluding hydrogens is 218 g/mol. The van der Waals surface area contributed by atoms with E-state index >= 15 is 0 Å². The minimum atomic E-state index is -0.216. The third-order valence-electron chi connectivity index (χ3n) is 2.74. The Labute approximate surface area is 106 Å². The van der Waals surface area contributed by atoms with Crippen LogP contribution < -0.4 is 5.32 Å². The Kier molecular flexibility index (Phi) is 7.70. The largest absolute Gasteiger partial charge is 0.392 e. The predicted octanol–water partition coefficient (Wildman–Crippen LogP) is 2.90. The van der Waals surface area contributed by atoms with Crippen molar-refractivity contribution in [3.05, 3.63) is 0 Å². The zero-order valence-corrected chi connectivity index (χ0v) is 12.5. The molecule has 0 radical (unpaired) electrons. The van der Waals surface area contributed by atoms with Crippen LogP contribution in [0.25, 0.3) is 0 Å². The highest BCUT2D eigenvalue weighted by Gasteiger charge is 2.15. The molecule has 0 fully saturated rings. The summed E-state index contributed by atoms with van der Waals surface area (Å²) in [7, 11) is 0. The third kappa shape index (κ3) is 8.43. The average Bonchev–Trinajstić information content (AvgIpc) is 2.20. The lowest BCUT2D eigenvalue weighted by Gasteiger charge is -2.23. The van der Waals surface area contributed by atoms with E-state index in [0.717, 1.165) is 12.2 Å². The molecule has 0 aliphatic carbocycles. The number of nitrogens with one attached hydrogen (secondary N) is 1. The van der Waals surface area contributed by atoms with Gasteiger partial charge >= 0.3 is 0 Å². The van der Waals surface area contributed by atoms with Crippen molar-refractivity contribution in [3.63, 3.8) is 0 Å². The molecular formula is C13H29NOS. The van der Waals surface area contributed by atoms with E-state index in [1.165, 1.54) is 0 Å². The van der Waals surface area contributed by atoms with Gasteiger partial charge in [-0.25, -0.2) is 0 Å². The smallest absolute Gasteiger partial charge is 0.0690 e. The lowest BCUT2D eigenvalue weighted by Crippen LogP contribution is -2.38. The molecule has 0 aromatic rings. The van der Waals surface area contributed by atoms with Crippen LogP contribution in [0.1, 0.15) is 48.0 Å². The van der Waals surface area contributed by atoms with Crippen LogP contribution in [0.5, 0.6) is 0 Å². The van der Waals surface area contributed by atoms with Crippen molar-refractivity contribution in [2.45, 2.75) is 64.9 Å². The maximum absolute atomic E-state index is 9.83. The molecule has 0 aliphatic rings. The lowest BCUT2D eigenvalue weighted by molar-refractivity contribution is 0.111. The van der Waals surface area contributed by atoms with Crippen molar-refractivity contribution < 1.29 is 5.11 Å². The molecule has 3 atom stereocenters. The van der Waals surface area contributed by atoms with Gasteiger partial charge < -0.3 is 10.4 Å². The van der Waals surface area contributed by atoms with Gasteiger partial charge in [-0.1, -0.05) is 41.0 Å². The summed E-state index contributed by atoms with van der Waals surface area (Å²) in [5.41, 5.74) is 0. The highest BCUT2D eigenvalue weighted by Crippen LogP contribution is 2.23. The van der Waals surface area contributed by atoms with Crippen LogP contribution in [-0.2, 0) is 0 Å². The van der Waals surface area contributed by atoms with Crippen LogP contribution in [0.3, 0.4) is 0 Å². The highest BCUT2D eigenvalue weighted by atomic mass is 32.2. The van der Waals surface area contributed by atoms with Gasteiger partial charge in [-0.15, -0.1) is 0 Å². The molecule has 16 heavy (non-hydrogen) atoms. The summed E-state index contributed by atoms with van der Waals surface area (Å²) in [4.78, 5) is 0. The molecule has 2 nitrogen and oxygen atoms in total. The molecule has 3 unspecified atom stereocenters. The second kappa shape index (κ2) is 7.57. The van der Waals surface area contributed by atoms with E-state index in [9.17, 15) is 5.11 Å². The van der Waals surface area contributed by atoms with Gasteiger partial charge in [-0.2, -0.15) is 11.8 Å². The summed E-state index contributed by atoms with van der Waals surface area (Å²) >= 11 is 1.96. The summed E-state index contributed by atoms with van der Waals surface area (Å²) in [5.74, 6) is 1.48. The van der Waals surface area contributed by atoms with Crippen LogP contribution >= 0.6 is 11.8 Å². The van der Waals surface area contributed by atoms with Crippen molar-refractivity contribution in [2.24, 2.45) is 5.92 Å². The van der Waals surface area contributed by atoms with Crippen molar-refractivity contribution in [1.82, 2.24) is 5.32 Å². The minimum Gasteiger partial charge on any atom is -0.392 e. The molecule has 0 spiro atoms. The molecule has 2 N–H and O–H groups in total. The normalized spacial score (nSPS) is 18.2. The fourth-order valence-corrected chi connectivity index (χ4v) is 2.10. The van der Waals surface area contributed by atoms with Crippen LogP contribution in [0.15, 0.2) is 0 Å². The van der Waals surface area contributed by atoms with Gasteiger partial charge in [0, 0.05) is 23.1 Å². The molecule has 0 rings (SSSR count). The van der Waals surface area contributed by atoms with Crippen molar-refractivity contribution >= 4 is 11.8 Å². The van der Waals surface area contributed by atoms with Gasteiger partial charge in [0.25, 0.3) is 0 Å². The molecule has 0 bridgehead atoms. The molecule has 0 heterocycles. The fourth-order valence-electron chi connectivity index (χ4n) is 1.23. The Hall–Kier alpha value is 0.270. The summed E-state index contributed by atoms with van der Waals surface area (Å²) in [5, 5.41) is 13.2. The van der Waals surface area contributed by atoms with Crippen LogP contribution in [0.4, 0.5) is 0 Å². The number of hydrogen-bond acceptors (Lipinski definition) is 3. The van der Waals surface area contributed by atoms with E-state index in [0.29, 0.717) is 23.3 Å². The van der Waals surface area contributed by atoms with Gasteiger partial charge in [0.1, 0.15) is 0 Å². The number of aliphatic hydroxyl groups excluding tert-OH is 1. The molecule has 98 valence electrons. The minimum absolute atomic E-state index is 0.216. The maximum atomic E-state index is 9.83. The van der Waals surface area contributed by atoms with Crippen LogP contribution in [-0.4, -0.2) is 34.3 Å². The first-order valence-electron chi connectivity index (χ1n) is 6.31. The van der Waals surface area contributed by atoms with E-state index in [1.807, 2.05) is 11.8 Å². The lowest BCUT2D eigenvalue weighted by atomic mass is 10.0. The molecule has 0 saturated carbocycles. The summed E-state index contributed by atoms with van der Waals surface area (Å²) < 4.78 is 0.325. The van der Waals surface area contributed by atoms with E-state index in [1.54, 1.807) is 0 Å². The van der Waals surface area contributed by atoms with Gasteiger partial charge in [-0.05, 0) is 12.8 Å². The zero-order chi connectivity index (χ0) is 12.8. The Morgan fingerprint density at radius 3 is 2.25 bits per heavy atom. The second-order valence-corrected chi connectivity index (χ2v) is 7.53. The van der Waals surface area contributed by atoms with Gasteiger partial charge in [0.05, 0.1) is 6.10 Å². The summed E-state index contributed by atoms with van der Waals surface area (Å²) in [6.07, 6.45) is 0.820. The SMILES string of the molecule is CCC(C)C(O)CNC(C)CSC(C)(C)C. The summed E-state index contributed by atoms with van der Waals surface area (Å²) in [6.45, 7) is 13.8. The quantitative estimate of drug-likeness (QED) is 0.725. The Morgan fingerprint density at radius 1 is 1.25 bits per heavy atom. The van der Waals surface area contributed by atoms with Gasteiger partial charge in [0.15, 0.2) is 0 Å². The van der Waals surface area contributed by atoms with Crippen molar-refractivity contribution in [2.75, 3.05) is 12.3 Å². The van der Waals surface area contributed by atoms with E-state index in [-0.39, 0.29) is 6.10 Å². The number of hydrogen-bond donors (Lipinski definition) is 2. The molecule has 0 amide bonds. The van der Waals surface area contributed by atoms with Crippen molar-refractivity contribution in [1.29, 1.82) is 0 Å². The molecule has 0 saturated heterocycles. The van der Waals surface area contributed by atoms with Gasteiger partial charge in [-0.3, -0.25) is 0 Å². The topological polar surface area (TPSA) is 32.3 Å². The number of aliphatic hydroxyl groups is 1. The molecule has 0 aliphatic heterocycles.